The van der Waals surface area contributed by atoms with Gasteiger partial charge in [0.2, 0.25) is 6.79 Å². The van der Waals surface area contributed by atoms with Gasteiger partial charge in [0.25, 0.3) is 0 Å². The molecule has 2 unspecified atom stereocenters. The first-order valence-corrected chi connectivity index (χ1v) is 6.23. The van der Waals surface area contributed by atoms with Gasteiger partial charge in [-0.15, -0.1) is 0 Å². The molecule has 0 fully saturated rings. The van der Waals surface area contributed by atoms with Crippen molar-refractivity contribution >= 4 is 0 Å². The van der Waals surface area contributed by atoms with Crippen LogP contribution in [0.1, 0.15) is 20.3 Å². The van der Waals surface area contributed by atoms with Crippen LogP contribution in [0.2, 0.25) is 0 Å². The number of fused-ring (bicyclic) bond motifs is 1. The van der Waals surface area contributed by atoms with Gasteiger partial charge in [-0.2, -0.15) is 5.26 Å². The van der Waals surface area contributed by atoms with E-state index in [1.54, 1.807) is 7.05 Å². The lowest BCUT2D eigenvalue weighted by molar-refractivity contribution is 0.172. The molecule has 0 saturated heterocycles. The van der Waals surface area contributed by atoms with E-state index in [0.29, 0.717) is 17.9 Å². The second-order valence-electron chi connectivity index (χ2n) is 4.84. The van der Waals surface area contributed by atoms with Gasteiger partial charge in [-0.3, -0.25) is 0 Å². The Labute approximate surface area is 113 Å². The van der Waals surface area contributed by atoms with Gasteiger partial charge in [0.05, 0.1) is 12.2 Å². The Balaban J connectivity index is 2.00. The molecule has 19 heavy (non-hydrogen) atoms. The average Bonchev–Trinajstić information content (AvgIpc) is 2.85. The molecule has 0 saturated carbocycles. The summed E-state index contributed by atoms with van der Waals surface area (Å²) in [6.07, 6.45) is 0.506. The number of benzene rings is 1. The van der Waals surface area contributed by atoms with Crippen LogP contribution in [-0.4, -0.2) is 25.5 Å². The summed E-state index contributed by atoms with van der Waals surface area (Å²) in [7, 11) is 1.77. The average molecular weight is 262 g/mol. The Morgan fingerprint density at radius 1 is 1.47 bits per heavy atom. The van der Waals surface area contributed by atoms with E-state index in [-0.39, 0.29) is 12.9 Å². The zero-order valence-electron chi connectivity index (χ0n) is 11.4. The molecule has 5 nitrogen and oxygen atoms in total. The number of nitrogens with one attached hydrogen (secondary N) is 1. The molecule has 1 aliphatic heterocycles. The Bertz CT molecular complexity index is 498. The maximum absolute atomic E-state index is 9.12. The molecule has 0 bridgehead atoms. The lowest BCUT2D eigenvalue weighted by Gasteiger charge is -2.25. The summed E-state index contributed by atoms with van der Waals surface area (Å²) in [5.74, 6) is 2.14. The first-order chi connectivity index (χ1) is 9.06. The summed E-state index contributed by atoms with van der Waals surface area (Å²) in [4.78, 5) is 0. The normalized spacial score (nSPS) is 17.4. The summed E-state index contributed by atoms with van der Waals surface area (Å²) in [5, 5.41) is 12.1. The van der Waals surface area contributed by atoms with Gasteiger partial charge in [-0.05, 0) is 33.0 Å². The smallest absolute Gasteiger partial charge is 0.231 e. The van der Waals surface area contributed by atoms with E-state index in [1.165, 1.54) is 0 Å². The number of nitrogens with zero attached hydrogens (tertiary/aromatic N) is 1. The van der Waals surface area contributed by atoms with Crippen molar-refractivity contribution in [1.82, 2.24) is 5.32 Å². The fourth-order valence-corrected chi connectivity index (χ4v) is 2.00. The van der Waals surface area contributed by atoms with Crippen molar-refractivity contribution < 1.29 is 14.2 Å². The summed E-state index contributed by atoms with van der Waals surface area (Å²) >= 11 is 0. The molecule has 0 aromatic heterocycles. The Hall–Kier alpha value is -1.93. The molecule has 0 amide bonds. The molecule has 2 rings (SSSR count). The van der Waals surface area contributed by atoms with Gasteiger partial charge in [-0.1, -0.05) is 0 Å². The van der Waals surface area contributed by atoms with E-state index >= 15 is 0 Å². The molecule has 0 spiro atoms. The zero-order chi connectivity index (χ0) is 13.9. The number of ether oxygens (including phenoxy) is 3. The van der Waals surface area contributed by atoms with Crippen molar-refractivity contribution in [2.75, 3.05) is 13.8 Å². The lowest BCUT2D eigenvalue weighted by Crippen LogP contribution is -2.41. The highest BCUT2D eigenvalue weighted by atomic mass is 16.7. The van der Waals surface area contributed by atoms with E-state index in [4.69, 9.17) is 19.5 Å². The van der Waals surface area contributed by atoms with Gasteiger partial charge < -0.3 is 19.5 Å². The van der Waals surface area contributed by atoms with Gasteiger partial charge in [0, 0.05) is 12.5 Å². The van der Waals surface area contributed by atoms with Crippen LogP contribution in [0.3, 0.4) is 0 Å². The Morgan fingerprint density at radius 2 is 2.21 bits per heavy atom. The first kappa shape index (κ1) is 13.5. The van der Waals surface area contributed by atoms with Crippen molar-refractivity contribution in [2.24, 2.45) is 0 Å². The highest BCUT2D eigenvalue weighted by Gasteiger charge is 2.25. The van der Waals surface area contributed by atoms with Crippen LogP contribution in [0, 0.1) is 11.3 Å². The fraction of sp³-hybridized carbons (Fsp3) is 0.500. The number of nitriles is 1. The number of rotatable bonds is 5. The van der Waals surface area contributed by atoms with Crippen LogP contribution < -0.4 is 19.5 Å². The minimum Gasteiger partial charge on any atom is -0.490 e. The van der Waals surface area contributed by atoms with E-state index in [0.717, 1.165) is 5.75 Å². The van der Waals surface area contributed by atoms with Crippen LogP contribution in [0.5, 0.6) is 17.2 Å². The van der Waals surface area contributed by atoms with E-state index < -0.39 is 5.54 Å². The molecule has 2 atom stereocenters. The summed E-state index contributed by atoms with van der Waals surface area (Å²) < 4.78 is 16.4. The highest BCUT2D eigenvalue weighted by Crippen LogP contribution is 2.35. The predicted molar refractivity (Wildman–Crippen MR) is 70.3 cm³/mol. The van der Waals surface area contributed by atoms with Crippen molar-refractivity contribution in [3.8, 4) is 23.3 Å². The molecular weight excluding hydrogens is 244 g/mol. The van der Waals surface area contributed by atoms with Crippen molar-refractivity contribution in [3.05, 3.63) is 18.2 Å². The van der Waals surface area contributed by atoms with Crippen LogP contribution in [0.15, 0.2) is 18.2 Å². The van der Waals surface area contributed by atoms with Crippen LogP contribution in [-0.2, 0) is 0 Å². The molecular formula is C14H18N2O3. The molecule has 0 radical (unpaired) electrons. The third-order valence-corrected chi connectivity index (χ3v) is 3.18. The molecule has 1 aliphatic rings. The minimum absolute atomic E-state index is 0.0857. The van der Waals surface area contributed by atoms with Crippen molar-refractivity contribution in [2.45, 2.75) is 31.9 Å². The molecule has 102 valence electrons. The zero-order valence-corrected chi connectivity index (χ0v) is 11.4. The van der Waals surface area contributed by atoms with E-state index in [9.17, 15) is 0 Å². The summed E-state index contributed by atoms with van der Waals surface area (Å²) in [6, 6.07) is 7.72. The topological polar surface area (TPSA) is 63.5 Å². The number of hydrogen-bond acceptors (Lipinski definition) is 5. The maximum Gasteiger partial charge on any atom is 0.231 e. The van der Waals surface area contributed by atoms with Crippen LogP contribution >= 0.6 is 0 Å². The second-order valence-corrected chi connectivity index (χ2v) is 4.84. The van der Waals surface area contributed by atoms with Gasteiger partial charge in [0.15, 0.2) is 11.5 Å². The lowest BCUT2D eigenvalue weighted by atomic mass is 9.97. The quantitative estimate of drug-likeness (QED) is 0.880. The van der Waals surface area contributed by atoms with Crippen molar-refractivity contribution in [1.29, 1.82) is 5.26 Å². The molecule has 5 heteroatoms. The Kier molecular flexibility index (Phi) is 3.82. The summed E-state index contributed by atoms with van der Waals surface area (Å²) in [5.41, 5.74) is -0.588. The molecule has 1 aromatic carbocycles. The molecule has 1 aromatic rings. The minimum atomic E-state index is -0.588. The largest absolute Gasteiger partial charge is 0.490 e. The molecule has 1 heterocycles. The SMILES string of the molecule is CNC(C)(C#N)CC(C)Oc1ccc2c(c1)OCO2. The monoisotopic (exact) mass is 262 g/mol. The fourth-order valence-electron chi connectivity index (χ4n) is 2.00. The summed E-state index contributed by atoms with van der Waals surface area (Å²) in [6.45, 7) is 4.05. The van der Waals surface area contributed by atoms with Gasteiger partial charge in [0.1, 0.15) is 11.3 Å². The Morgan fingerprint density at radius 3 is 2.89 bits per heavy atom. The molecule has 0 aliphatic carbocycles. The predicted octanol–water partition coefficient (Wildman–Crippen LogP) is 2.07. The molecule has 1 N–H and O–H groups in total. The maximum atomic E-state index is 9.12. The third kappa shape index (κ3) is 3.09. The van der Waals surface area contributed by atoms with Crippen LogP contribution in [0.4, 0.5) is 0 Å². The standard InChI is InChI=1S/C14H18N2O3/c1-10(7-14(2,8-15)16-3)19-11-4-5-12-13(6-11)18-9-17-12/h4-6,10,16H,7,9H2,1-3H3. The second kappa shape index (κ2) is 5.37. The van der Waals surface area contributed by atoms with Crippen LogP contribution in [0.25, 0.3) is 0 Å². The first-order valence-electron chi connectivity index (χ1n) is 6.23. The van der Waals surface area contributed by atoms with E-state index in [2.05, 4.69) is 11.4 Å². The number of hydrogen-bond donors (Lipinski definition) is 1. The van der Waals surface area contributed by atoms with Gasteiger partial charge in [-0.25, -0.2) is 0 Å². The highest BCUT2D eigenvalue weighted by molar-refractivity contribution is 5.46. The third-order valence-electron chi connectivity index (χ3n) is 3.18. The van der Waals surface area contributed by atoms with Crippen molar-refractivity contribution in [3.63, 3.8) is 0 Å². The van der Waals surface area contributed by atoms with Gasteiger partial charge >= 0.3 is 0 Å². The van der Waals surface area contributed by atoms with E-state index in [1.807, 2.05) is 32.0 Å².